The summed E-state index contributed by atoms with van der Waals surface area (Å²) in [5.41, 5.74) is 2.90. The SMILES string of the molecule is C=C(C(C)=O)C(NS(=O)(=O)c1ccc(C)cc1)c1ccc(C)cc1. The fourth-order valence-electron chi connectivity index (χ4n) is 2.24. The number of benzene rings is 2. The molecule has 2 aromatic rings. The summed E-state index contributed by atoms with van der Waals surface area (Å²) in [6.45, 7) is 8.97. The highest BCUT2D eigenvalue weighted by molar-refractivity contribution is 7.89. The zero-order valence-electron chi connectivity index (χ0n) is 14.0. The second kappa shape index (κ2) is 7.11. The van der Waals surface area contributed by atoms with Crippen molar-refractivity contribution in [2.24, 2.45) is 0 Å². The average Bonchev–Trinajstić information content (AvgIpc) is 2.53. The first-order valence-electron chi connectivity index (χ1n) is 7.56. The van der Waals surface area contributed by atoms with Gasteiger partial charge in [-0.05, 0) is 38.5 Å². The Kier molecular flexibility index (Phi) is 5.36. The van der Waals surface area contributed by atoms with Gasteiger partial charge in [-0.25, -0.2) is 8.42 Å². The number of hydrogen-bond donors (Lipinski definition) is 1. The molecule has 24 heavy (non-hydrogen) atoms. The molecule has 0 aliphatic rings. The molecular formula is C19H21NO3S. The van der Waals surface area contributed by atoms with Crippen molar-refractivity contribution in [2.75, 3.05) is 0 Å². The number of ketones is 1. The lowest BCUT2D eigenvalue weighted by Gasteiger charge is -2.20. The molecule has 4 nitrogen and oxygen atoms in total. The van der Waals surface area contributed by atoms with Gasteiger partial charge in [0.05, 0.1) is 10.9 Å². The molecule has 0 bridgehead atoms. The zero-order chi connectivity index (χ0) is 17.9. The third kappa shape index (κ3) is 4.19. The second-order valence-corrected chi connectivity index (χ2v) is 7.57. The van der Waals surface area contributed by atoms with Crippen LogP contribution in [0.5, 0.6) is 0 Å². The lowest BCUT2D eigenvalue weighted by molar-refractivity contribution is -0.113. The number of nitrogens with one attached hydrogen (secondary N) is 1. The third-order valence-electron chi connectivity index (χ3n) is 3.82. The van der Waals surface area contributed by atoms with Gasteiger partial charge in [-0.3, -0.25) is 4.79 Å². The molecule has 5 heteroatoms. The molecule has 0 saturated heterocycles. The van der Waals surface area contributed by atoms with Crippen molar-refractivity contribution in [2.45, 2.75) is 31.7 Å². The minimum Gasteiger partial charge on any atom is -0.295 e. The van der Waals surface area contributed by atoms with E-state index < -0.39 is 16.1 Å². The highest BCUT2D eigenvalue weighted by Crippen LogP contribution is 2.24. The van der Waals surface area contributed by atoms with Crippen molar-refractivity contribution in [3.8, 4) is 0 Å². The summed E-state index contributed by atoms with van der Waals surface area (Å²) < 4.78 is 27.9. The van der Waals surface area contributed by atoms with Crippen LogP contribution in [-0.2, 0) is 14.8 Å². The lowest BCUT2D eigenvalue weighted by atomic mass is 9.97. The van der Waals surface area contributed by atoms with Crippen LogP contribution >= 0.6 is 0 Å². The highest BCUT2D eigenvalue weighted by Gasteiger charge is 2.25. The van der Waals surface area contributed by atoms with Crippen LogP contribution in [0.3, 0.4) is 0 Å². The maximum Gasteiger partial charge on any atom is 0.241 e. The maximum absolute atomic E-state index is 12.7. The first-order chi connectivity index (χ1) is 11.2. The van der Waals surface area contributed by atoms with Gasteiger partial charge in [0.15, 0.2) is 5.78 Å². The summed E-state index contributed by atoms with van der Waals surface area (Å²) in [6, 6.07) is 13.1. The van der Waals surface area contributed by atoms with E-state index in [1.807, 2.05) is 26.0 Å². The quantitative estimate of drug-likeness (QED) is 0.817. The molecule has 0 saturated carbocycles. The van der Waals surface area contributed by atoms with Crippen LogP contribution in [0.2, 0.25) is 0 Å². The molecule has 1 unspecified atom stereocenters. The number of hydrogen-bond acceptors (Lipinski definition) is 3. The predicted octanol–water partition coefficient (Wildman–Crippen LogP) is 3.47. The smallest absolute Gasteiger partial charge is 0.241 e. The van der Waals surface area contributed by atoms with Gasteiger partial charge in [0.2, 0.25) is 10.0 Å². The van der Waals surface area contributed by atoms with E-state index in [9.17, 15) is 13.2 Å². The van der Waals surface area contributed by atoms with Gasteiger partial charge in [-0.2, -0.15) is 4.72 Å². The molecule has 0 heterocycles. The Morgan fingerprint density at radius 3 is 1.88 bits per heavy atom. The Hall–Kier alpha value is -2.24. The fourth-order valence-corrected chi connectivity index (χ4v) is 3.46. The van der Waals surface area contributed by atoms with E-state index in [4.69, 9.17) is 0 Å². The van der Waals surface area contributed by atoms with Gasteiger partial charge in [0.25, 0.3) is 0 Å². The molecule has 0 radical (unpaired) electrons. The van der Waals surface area contributed by atoms with E-state index in [1.54, 1.807) is 36.4 Å². The maximum atomic E-state index is 12.7. The Morgan fingerprint density at radius 1 is 0.958 bits per heavy atom. The van der Waals surface area contributed by atoms with Crippen LogP contribution in [0.15, 0.2) is 65.6 Å². The van der Waals surface area contributed by atoms with E-state index in [2.05, 4.69) is 11.3 Å². The van der Waals surface area contributed by atoms with Crippen LogP contribution in [0.1, 0.15) is 29.7 Å². The Labute approximate surface area is 143 Å². The first kappa shape index (κ1) is 18.1. The summed E-state index contributed by atoms with van der Waals surface area (Å²) in [6.07, 6.45) is 0. The van der Waals surface area contributed by atoms with Crippen molar-refractivity contribution >= 4 is 15.8 Å². The van der Waals surface area contributed by atoms with Gasteiger partial charge in [-0.1, -0.05) is 54.1 Å². The molecule has 0 aliphatic carbocycles. The largest absolute Gasteiger partial charge is 0.295 e. The standard InChI is InChI=1S/C19H21NO3S/c1-13-5-9-17(10-6-13)19(15(3)16(4)21)20-24(22,23)18-11-7-14(2)8-12-18/h5-12,19-20H,3H2,1-2,4H3. The number of rotatable bonds is 6. The summed E-state index contributed by atoms with van der Waals surface area (Å²) in [5, 5.41) is 0. The van der Waals surface area contributed by atoms with Crippen LogP contribution < -0.4 is 4.72 Å². The van der Waals surface area contributed by atoms with Crippen LogP contribution in [0.25, 0.3) is 0 Å². The van der Waals surface area contributed by atoms with Gasteiger partial charge >= 0.3 is 0 Å². The zero-order valence-corrected chi connectivity index (χ0v) is 14.9. The number of carbonyl (C=O) groups is 1. The van der Waals surface area contributed by atoms with Crippen LogP contribution in [0.4, 0.5) is 0 Å². The van der Waals surface area contributed by atoms with Gasteiger partial charge in [0.1, 0.15) is 0 Å². The summed E-state index contributed by atoms with van der Waals surface area (Å²) in [5.74, 6) is -0.257. The van der Waals surface area contributed by atoms with Crippen molar-refractivity contribution in [1.29, 1.82) is 0 Å². The summed E-state index contributed by atoms with van der Waals surface area (Å²) >= 11 is 0. The summed E-state index contributed by atoms with van der Waals surface area (Å²) in [7, 11) is -3.78. The summed E-state index contributed by atoms with van der Waals surface area (Å²) in [4.78, 5) is 11.9. The van der Waals surface area contributed by atoms with E-state index in [-0.39, 0.29) is 16.3 Å². The molecule has 0 fully saturated rings. The van der Waals surface area contributed by atoms with E-state index in [0.717, 1.165) is 11.1 Å². The first-order valence-corrected chi connectivity index (χ1v) is 9.04. The van der Waals surface area contributed by atoms with Crippen LogP contribution in [-0.4, -0.2) is 14.2 Å². The molecule has 2 aromatic carbocycles. The molecule has 1 N–H and O–H groups in total. The monoisotopic (exact) mass is 343 g/mol. The molecule has 1 atom stereocenters. The molecule has 126 valence electrons. The number of Topliss-reactive ketones (excluding diaryl/α,β-unsaturated/α-hetero) is 1. The lowest BCUT2D eigenvalue weighted by Crippen LogP contribution is -2.31. The van der Waals surface area contributed by atoms with Crippen molar-refractivity contribution in [3.05, 3.63) is 77.4 Å². The van der Waals surface area contributed by atoms with Crippen molar-refractivity contribution < 1.29 is 13.2 Å². The highest BCUT2D eigenvalue weighted by atomic mass is 32.2. The molecule has 0 amide bonds. The molecule has 2 rings (SSSR count). The average molecular weight is 343 g/mol. The predicted molar refractivity (Wildman–Crippen MR) is 95.2 cm³/mol. The van der Waals surface area contributed by atoms with Gasteiger partial charge < -0.3 is 0 Å². The number of sulfonamides is 1. The van der Waals surface area contributed by atoms with E-state index >= 15 is 0 Å². The Balaban J connectivity index is 2.41. The van der Waals surface area contributed by atoms with E-state index in [1.165, 1.54) is 6.92 Å². The van der Waals surface area contributed by atoms with Crippen molar-refractivity contribution in [1.82, 2.24) is 4.72 Å². The third-order valence-corrected chi connectivity index (χ3v) is 5.25. The fraction of sp³-hybridized carbons (Fsp3) is 0.211. The minimum absolute atomic E-state index is 0.154. The molecular weight excluding hydrogens is 322 g/mol. The molecule has 0 spiro atoms. The second-order valence-electron chi connectivity index (χ2n) is 5.86. The number of aryl methyl sites for hydroxylation is 2. The van der Waals surface area contributed by atoms with Gasteiger partial charge in [-0.15, -0.1) is 0 Å². The molecule has 0 aliphatic heterocycles. The van der Waals surface area contributed by atoms with Crippen molar-refractivity contribution in [3.63, 3.8) is 0 Å². The Morgan fingerprint density at radius 2 is 1.42 bits per heavy atom. The van der Waals surface area contributed by atoms with E-state index in [0.29, 0.717) is 5.56 Å². The minimum atomic E-state index is -3.78. The Bertz CT molecular complexity index is 850. The van der Waals surface area contributed by atoms with Gasteiger partial charge in [0, 0.05) is 5.57 Å². The normalized spacial score (nSPS) is 12.6. The molecule has 0 aromatic heterocycles. The van der Waals surface area contributed by atoms with Crippen LogP contribution in [0, 0.1) is 13.8 Å². The topological polar surface area (TPSA) is 63.2 Å². The number of carbonyl (C=O) groups excluding carboxylic acids is 1.